The molecule has 2 aromatic carbocycles. The van der Waals surface area contributed by atoms with Gasteiger partial charge < -0.3 is 14.7 Å². The lowest BCUT2D eigenvalue weighted by atomic mass is 10.1. The van der Waals surface area contributed by atoms with E-state index in [9.17, 15) is 9.18 Å². The molecule has 2 N–H and O–H groups in total. The van der Waals surface area contributed by atoms with Gasteiger partial charge >= 0.3 is 0 Å². The van der Waals surface area contributed by atoms with Crippen LogP contribution in [0.25, 0.3) is 33.7 Å². The Labute approximate surface area is 176 Å². The molecular formula is C24H17FN4O2. The van der Waals surface area contributed by atoms with E-state index in [1.807, 2.05) is 36.4 Å². The summed E-state index contributed by atoms with van der Waals surface area (Å²) in [5.41, 5.74) is 3.78. The van der Waals surface area contributed by atoms with E-state index in [4.69, 9.17) is 4.42 Å². The Morgan fingerprint density at radius 3 is 2.65 bits per heavy atom. The van der Waals surface area contributed by atoms with Gasteiger partial charge in [0.2, 0.25) is 0 Å². The van der Waals surface area contributed by atoms with Crippen LogP contribution in [0, 0.1) is 12.7 Å². The van der Waals surface area contributed by atoms with Gasteiger partial charge in [0.25, 0.3) is 5.91 Å². The predicted octanol–water partition coefficient (Wildman–Crippen LogP) is 5.58. The lowest BCUT2D eigenvalue weighted by Gasteiger charge is -2.06. The van der Waals surface area contributed by atoms with Crippen LogP contribution in [0.3, 0.4) is 0 Å². The number of furan rings is 1. The zero-order valence-corrected chi connectivity index (χ0v) is 16.5. The Morgan fingerprint density at radius 1 is 1.03 bits per heavy atom. The second kappa shape index (κ2) is 7.53. The van der Waals surface area contributed by atoms with Crippen LogP contribution in [0.4, 0.5) is 10.1 Å². The number of halogens is 1. The summed E-state index contributed by atoms with van der Waals surface area (Å²) in [5, 5.41) is 2.72. The molecular weight excluding hydrogens is 395 g/mol. The van der Waals surface area contributed by atoms with Crippen molar-refractivity contribution in [3.8, 4) is 22.5 Å². The maximum absolute atomic E-state index is 14.6. The van der Waals surface area contributed by atoms with Crippen LogP contribution in [-0.2, 0) is 0 Å². The fourth-order valence-electron chi connectivity index (χ4n) is 3.35. The van der Waals surface area contributed by atoms with E-state index < -0.39 is 11.7 Å². The number of nitrogens with zero attached hydrogens (tertiary/aromatic N) is 2. The third-order valence-electron chi connectivity index (χ3n) is 4.89. The van der Waals surface area contributed by atoms with Crippen molar-refractivity contribution in [1.29, 1.82) is 0 Å². The summed E-state index contributed by atoms with van der Waals surface area (Å²) in [5.74, 6) is 0.271. The molecule has 0 unspecified atom stereocenters. The number of carbonyl (C=O) groups excluding carboxylic acids is 1. The van der Waals surface area contributed by atoms with Crippen molar-refractivity contribution < 1.29 is 13.6 Å². The number of pyridine rings is 1. The van der Waals surface area contributed by atoms with Crippen molar-refractivity contribution in [1.82, 2.24) is 15.0 Å². The maximum atomic E-state index is 14.6. The van der Waals surface area contributed by atoms with E-state index in [0.29, 0.717) is 28.4 Å². The fraction of sp³-hybridized carbons (Fsp3) is 0.0417. The lowest BCUT2D eigenvalue weighted by Crippen LogP contribution is -2.11. The number of aryl methyl sites for hydroxylation is 1. The largest absolute Gasteiger partial charge is 0.456 e. The van der Waals surface area contributed by atoms with Gasteiger partial charge in [-0.2, -0.15) is 0 Å². The molecule has 3 heterocycles. The molecule has 0 saturated heterocycles. The average molecular weight is 412 g/mol. The summed E-state index contributed by atoms with van der Waals surface area (Å²) in [6, 6.07) is 19.4. The van der Waals surface area contributed by atoms with Crippen LogP contribution in [0.15, 0.2) is 77.3 Å². The molecule has 31 heavy (non-hydrogen) atoms. The number of H-pyrrole nitrogens is 1. The van der Waals surface area contributed by atoms with E-state index in [1.165, 1.54) is 18.2 Å². The second-order valence-electron chi connectivity index (χ2n) is 7.11. The number of carbonyl (C=O) groups is 1. The molecule has 5 aromatic rings. The number of benzene rings is 2. The first kappa shape index (κ1) is 18.7. The number of amides is 1. The molecule has 0 aliphatic heterocycles. The van der Waals surface area contributed by atoms with Crippen LogP contribution in [-0.4, -0.2) is 20.9 Å². The number of anilines is 1. The Balaban J connectivity index is 1.48. The summed E-state index contributed by atoms with van der Waals surface area (Å²) in [6.07, 6.45) is 1.74. The molecule has 6 nitrogen and oxygen atoms in total. The standard InChI is InChI=1S/C24H17FN4O2/c1-14-7-10-21(31-14)24(30)27-17-8-9-19(25)18(12-17)22-28-20-11-16(13-26-23(20)29-22)15-5-3-2-4-6-15/h2-13H,1H3,(H,27,30)(H,26,28,29). The van der Waals surface area contributed by atoms with Crippen molar-refractivity contribution >= 4 is 22.8 Å². The second-order valence-corrected chi connectivity index (χ2v) is 7.11. The van der Waals surface area contributed by atoms with Gasteiger partial charge in [-0.3, -0.25) is 4.79 Å². The predicted molar refractivity (Wildman–Crippen MR) is 116 cm³/mol. The molecule has 3 aromatic heterocycles. The Bertz CT molecular complexity index is 1410. The highest BCUT2D eigenvalue weighted by Gasteiger charge is 2.15. The number of rotatable bonds is 4. The molecule has 0 fully saturated rings. The van der Waals surface area contributed by atoms with Gasteiger partial charge in [-0.25, -0.2) is 14.4 Å². The number of hydrogen-bond acceptors (Lipinski definition) is 4. The topological polar surface area (TPSA) is 83.8 Å². The van der Waals surface area contributed by atoms with Crippen LogP contribution in [0.2, 0.25) is 0 Å². The third-order valence-corrected chi connectivity index (χ3v) is 4.89. The van der Waals surface area contributed by atoms with E-state index in [0.717, 1.165) is 11.1 Å². The SMILES string of the molecule is Cc1ccc(C(=O)Nc2ccc(F)c(-c3nc4ncc(-c5ccccc5)cc4[nH]3)c2)o1. The number of imidazole rings is 1. The lowest BCUT2D eigenvalue weighted by molar-refractivity contribution is 0.0995. The van der Waals surface area contributed by atoms with Crippen molar-refractivity contribution in [3.05, 3.63) is 90.3 Å². The molecule has 152 valence electrons. The van der Waals surface area contributed by atoms with E-state index in [-0.39, 0.29) is 11.3 Å². The first-order chi connectivity index (χ1) is 15.1. The van der Waals surface area contributed by atoms with Gasteiger partial charge in [0.15, 0.2) is 11.4 Å². The zero-order valence-electron chi connectivity index (χ0n) is 16.5. The first-order valence-corrected chi connectivity index (χ1v) is 9.66. The number of aromatic nitrogens is 3. The Kier molecular flexibility index (Phi) is 4.55. The van der Waals surface area contributed by atoms with Crippen molar-refractivity contribution in [2.45, 2.75) is 6.92 Å². The Morgan fingerprint density at radius 2 is 1.87 bits per heavy atom. The van der Waals surface area contributed by atoms with Crippen molar-refractivity contribution in [2.75, 3.05) is 5.32 Å². The van der Waals surface area contributed by atoms with E-state index >= 15 is 0 Å². The van der Waals surface area contributed by atoms with Crippen LogP contribution < -0.4 is 5.32 Å². The van der Waals surface area contributed by atoms with E-state index in [1.54, 1.807) is 25.3 Å². The summed E-state index contributed by atoms with van der Waals surface area (Å²) >= 11 is 0. The van der Waals surface area contributed by atoms with Gasteiger partial charge in [0, 0.05) is 17.4 Å². The maximum Gasteiger partial charge on any atom is 0.291 e. The van der Waals surface area contributed by atoms with E-state index in [2.05, 4.69) is 20.3 Å². The molecule has 0 radical (unpaired) electrons. The minimum Gasteiger partial charge on any atom is -0.456 e. The monoisotopic (exact) mass is 412 g/mol. The van der Waals surface area contributed by atoms with Gasteiger partial charge in [0.1, 0.15) is 17.4 Å². The highest BCUT2D eigenvalue weighted by atomic mass is 19.1. The van der Waals surface area contributed by atoms with Gasteiger partial charge in [-0.1, -0.05) is 30.3 Å². The number of fused-ring (bicyclic) bond motifs is 1. The highest BCUT2D eigenvalue weighted by molar-refractivity contribution is 6.02. The molecule has 1 amide bonds. The van der Waals surface area contributed by atoms with Crippen molar-refractivity contribution in [3.63, 3.8) is 0 Å². The van der Waals surface area contributed by atoms with Crippen LogP contribution in [0.1, 0.15) is 16.3 Å². The minimum atomic E-state index is -0.464. The molecule has 0 aliphatic carbocycles. The number of aromatic amines is 1. The van der Waals surface area contributed by atoms with Gasteiger partial charge in [-0.15, -0.1) is 0 Å². The molecule has 0 atom stereocenters. The molecule has 0 spiro atoms. The van der Waals surface area contributed by atoms with Crippen LogP contribution in [0.5, 0.6) is 0 Å². The fourth-order valence-corrected chi connectivity index (χ4v) is 3.35. The molecule has 7 heteroatoms. The third kappa shape index (κ3) is 3.69. The van der Waals surface area contributed by atoms with Gasteiger partial charge in [0.05, 0.1) is 11.1 Å². The summed E-state index contributed by atoms with van der Waals surface area (Å²) in [7, 11) is 0. The molecule has 0 bridgehead atoms. The number of nitrogens with one attached hydrogen (secondary N) is 2. The summed E-state index contributed by atoms with van der Waals surface area (Å²) in [6.45, 7) is 1.76. The van der Waals surface area contributed by atoms with Gasteiger partial charge in [-0.05, 0) is 48.9 Å². The Hall–Kier alpha value is -4.26. The smallest absolute Gasteiger partial charge is 0.291 e. The molecule has 0 aliphatic rings. The molecule has 0 saturated carbocycles. The first-order valence-electron chi connectivity index (χ1n) is 9.66. The molecule has 5 rings (SSSR count). The number of hydrogen-bond donors (Lipinski definition) is 2. The zero-order chi connectivity index (χ0) is 21.4. The summed E-state index contributed by atoms with van der Waals surface area (Å²) < 4.78 is 19.9. The summed E-state index contributed by atoms with van der Waals surface area (Å²) in [4.78, 5) is 24.3. The normalized spacial score (nSPS) is 11.0. The highest BCUT2D eigenvalue weighted by Crippen LogP contribution is 2.28. The van der Waals surface area contributed by atoms with Crippen LogP contribution >= 0.6 is 0 Å². The quantitative estimate of drug-likeness (QED) is 0.403. The average Bonchev–Trinajstić information content (AvgIpc) is 3.41. The minimum absolute atomic E-state index is 0.185. The van der Waals surface area contributed by atoms with Crippen molar-refractivity contribution in [2.24, 2.45) is 0 Å².